The van der Waals surface area contributed by atoms with Crippen LogP contribution < -0.4 is 15.8 Å². The van der Waals surface area contributed by atoms with Crippen molar-refractivity contribution in [3.63, 3.8) is 0 Å². The van der Waals surface area contributed by atoms with Crippen molar-refractivity contribution in [1.29, 1.82) is 0 Å². The number of carbonyl (C=O) groups excluding carboxylic acids is 1. The highest BCUT2D eigenvalue weighted by Gasteiger charge is 2.09. The van der Waals surface area contributed by atoms with Gasteiger partial charge in [-0.2, -0.15) is 0 Å². The number of nitrogens with two attached hydrogens (primary N) is 1. The zero-order valence-corrected chi connectivity index (χ0v) is 11.8. The van der Waals surface area contributed by atoms with E-state index in [1.165, 1.54) is 0 Å². The Kier molecular flexibility index (Phi) is 4.48. The number of rotatable bonds is 4. The van der Waals surface area contributed by atoms with Crippen LogP contribution in [0.5, 0.6) is 5.75 Å². The Morgan fingerprint density at radius 3 is 2.70 bits per heavy atom. The monoisotopic (exact) mass is 290 g/mol. The van der Waals surface area contributed by atoms with Crippen LogP contribution >= 0.6 is 11.6 Å². The minimum atomic E-state index is -0.171. The van der Waals surface area contributed by atoms with Crippen molar-refractivity contribution in [2.75, 3.05) is 18.2 Å². The van der Waals surface area contributed by atoms with Crippen molar-refractivity contribution in [2.24, 2.45) is 0 Å². The summed E-state index contributed by atoms with van der Waals surface area (Å²) in [5.41, 5.74) is 7.64. The first kappa shape index (κ1) is 14.2. The smallest absolute Gasteiger partial charge is 0.228 e. The normalized spacial score (nSPS) is 10.1. The minimum Gasteiger partial charge on any atom is -0.497 e. The summed E-state index contributed by atoms with van der Waals surface area (Å²) in [6.45, 7) is 0. The van der Waals surface area contributed by atoms with Crippen molar-refractivity contribution in [3.8, 4) is 5.75 Å². The number of amides is 1. The third kappa shape index (κ3) is 3.42. The van der Waals surface area contributed by atoms with E-state index in [1.54, 1.807) is 31.4 Å². The van der Waals surface area contributed by atoms with Crippen molar-refractivity contribution >= 4 is 28.9 Å². The summed E-state index contributed by atoms with van der Waals surface area (Å²) in [5.74, 6) is 0.474. The largest absolute Gasteiger partial charge is 0.497 e. The summed E-state index contributed by atoms with van der Waals surface area (Å²) in [7, 11) is 1.56. The fraction of sp³-hybridized carbons (Fsp3) is 0.133. The molecule has 2 aromatic carbocycles. The molecule has 2 aromatic rings. The number of methoxy groups -OCH3 is 1. The molecule has 0 aromatic heterocycles. The van der Waals surface area contributed by atoms with Gasteiger partial charge in [-0.1, -0.05) is 29.8 Å². The molecule has 0 aliphatic heterocycles. The van der Waals surface area contributed by atoms with Gasteiger partial charge >= 0.3 is 0 Å². The van der Waals surface area contributed by atoms with Gasteiger partial charge in [0.05, 0.1) is 24.9 Å². The third-order valence-electron chi connectivity index (χ3n) is 2.84. The molecular weight excluding hydrogens is 276 g/mol. The molecule has 0 spiro atoms. The Balaban J connectivity index is 2.07. The maximum absolute atomic E-state index is 12.0. The predicted molar refractivity (Wildman–Crippen MR) is 81.2 cm³/mol. The van der Waals surface area contributed by atoms with E-state index in [0.717, 1.165) is 5.56 Å². The van der Waals surface area contributed by atoms with Gasteiger partial charge in [-0.15, -0.1) is 0 Å². The van der Waals surface area contributed by atoms with Gasteiger partial charge in [-0.05, 0) is 23.8 Å². The van der Waals surface area contributed by atoms with E-state index in [1.807, 2.05) is 18.2 Å². The topological polar surface area (TPSA) is 64.3 Å². The van der Waals surface area contributed by atoms with E-state index >= 15 is 0 Å². The number of nitrogens with one attached hydrogen (secondary N) is 1. The number of hydrogen-bond donors (Lipinski definition) is 2. The molecular formula is C15H15ClN2O2. The molecule has 0 saturated heterocycles. The molecule has 104 valence electrons. The molecule has 0 fully saturated rings. The molecule has 0 bridgehead atoms. The lowest BCUT2D eigenvalue weighted by atomic mass is 10.1. The second-order valence-corrected chi connectivity index (χ2v) is 4.68. The Morgan fingerprint density at radius 1 is 1.30 bits per heavy atom. The zero-order valence-electron chi connectivity index (χ0n) is 11.0. The van der Waals surface area contributed by atoms with Crippen LogP contribution in [-0.4, -0.2) is 13.0 Å². The van der Waals surface area contributed by atoms with Gasteiger partial charge in [0.1, 0.15) is 5.75 Å². The fourth-order valence-electron chi connectivity index (χ4n) is 1.79. The van der Waals surface area contributed by atoms with Crippen LogP contribution in [0.2, 0.25) is 5.02 Å². The lowest BCUT2D eigenvalue weighted by Gasteiger charge is -2.10. The van der Waals surface area contributed by atoms with Crippen LogP contribution in [-0.2, 0) is 11.2 Å². The highest BCUT2D eigenvalue weighted by molar-refractivity contribution is 6.31. The Morgan fingerprint density at radius 2 is 2.05 bits per heavy atom. The second kappa shape index (κ2) is 6.30. The van der Waals surface area contributed by atoms with Crippen LogP contribution in [0.4, 0.5) is 11.4 Å². The van der Waals surface area contributed by atoms with Gasteiger partial charge in [0.25, 0.3) is 0 Å². The van der Waals surface area contributed by atoms with E-state index in [-0.39, 0.29) is 12.3 Å². The summed E-state index contributed by atoms with van der Waals surface area (Å²) in [6.07, 6.45) is 0.200. The molecule has 3 N–H and O–H groups in total. The second-order valence-electron chi connectivity index (χ2n) is 4.27. The van der Waals surface area contributed by atoms with Crippen LogP contribution in [0, 0.1) is 0 Å². The molecule has 0 unspecified atom stereocenters. The fourth-order valence-corrected chi connectivity index (χ4v) is 1.99. The van der Waals surface area contributed by atoms with Crippen LogP contribution in [0.3, 0.4) is 0 Å². The standard InChI is InChI=1S/C15H15ClN2O2/c1-20-11-6-7-14(13(17)9-11)18-15(19)8-10-4-2-3-5-12(10)16/h2-7,9H,8,17H2,1H3,(H,18,19). The first-order valence-electron chi connectivity index (χ1n) is 6.07. The molecule has 0 saturated carbocycles. The molecule has 5 heteroatoms. The Labute approximate surface area is 122 Å². The van der Waals surface area contributed by atoms with Crippen molar-refractivity contribution < 1.29 is 9.53 Å². The van der Waals surface area contributed by atoms with Crippen molar-refractivity contribution in [1.82, 2.24) is 0 Å². The molecule has 0 radical (unpaired) electrons. The van der Waals surface area contributed by atoms with Crippen molar-refractivity contribution in [3.05, 3.63) is 53.1 Å². The summed E-state index contributed by atoms with van der Waals surface area (Å²) < 4.78 is 5.06. The maximum atomic E-state index is 12.0. The average molecular weight is 291 g/mol. The number of hydrogen-bond acceptors (Lipinski definition) is 3. The zero-order chi connectivity index (χ0) is 14.5. The molecule has 4 nitrogen and oxygen atoms in total. The van der Waals surface area contributed by atoms with Gasteiger partial charge in [0.2, 0.25) is 5.91 Å². The van der Waals surface area contributed by atoms with Crippen molar-refractivity contribution in [2.45, 2.75) is 6.42 Å². The summed E-state index contributed by atoms with van der Waals surface area (Å²) >= 11 is 6.02. The molecule has 20 heavy (non-hydrogen) atoms. The van der Waals surface area contributed by atoms with E-state index in [2.05, 4.69) is 5.32 Å². The van der Waals surface area contributed by atoms with Crippen LogP contribution in [0.25, 0.3) is 0 Å². The number of ether oxygens (including phenoxy) is 1. The minimum absolute atomic E-state index is 0.171. The lowest BCUT2D eigenvalue weighted by molar-refractivity contribution is -0.115. The number of carbonyl (C=O) groups is 1. The molecule has 1 amide bonds. The molecule has 0 heterocycles. The number of benzene rings is 2. The predicted octanol–water partition coefficient (Wildman–Crippen LogP) is 3.11. The molecule has 2 rings (SSSR count). The quantitative estimate of drug-likeness (QED) is 0.850. The van der Waals surface area contributed by atoms with Gasteiger partial charge < -0.3 is 15.8 Å². The highest BCUT2D eigenvalue weighted by Crippen LogP contribution is 2.24. The average Bonchev–Trinajstić information content (AvgIpc) is 2.43. The number of halogens is 1. The lowest BCUT2D eigenvalue weighted by Crippen LogP contribution is -2.15. The number of anilines is 2. The van der Waals surface area contributed by atoms with E-state index in [0.29, 0.717) is 22.1 Å². The molecule has 0 aliphatic carbocycles. The maximum Gasteiger partial charge on any atom is 0.228 e. The summed E-state index contributed by atoms with van der Waals surface area (Å²) in [5, 5.41) is 3.33. The SMILES string of the molecule is COc1ccc(NC(=O)Cc2ccccc2Cl)c(N)c1. The summed E-state index contributed by atoms with van der Waals surface area (Å²) in [6, 6.07) is 12.3. The Hall–Kier alpha value is -2.20. The highest BCUT2D eigenvalue weighted by atomic mass is 35.5. The van der Waals surface area contributed by atoms with Gasteiger partial charge in [-0.25, -0.2) is 0 Å². The summed E-state index contributed by atoms with van der Waals surface area (Å²) in [4.78, 5) is 12.0. The first-order valence-corrected chi connectivity index (χ1v) is 6.44. The number of nitrogen functional groups attached to an aromatic ring is 1. The van der Waals surface area contributed by atoms with Gasteiger partial charge in [0, 0.05) is 11.1 Å². The van der Waals surface area contributed by atoms with Gasteiger partial charge in [0.15, 0.2) is 0 Å². The Bertz CT molecular complexity index is 629. The van der Waals surface area contributed by atoms with Crippen LogP contribution in [0.1, 0.15) is 5.56 Å². The van der Waals surface area contributed by atoms with E-state index in [9.17, 15) is 4.79 Å². The first-order chi connectivity index (χ1) is 9.60. The third-order valence-corrected chi connectivity index (χ3v) is 3.21. The molecule has 0 aliphatic rings. The van der Waals surface area contributed by atoms with Crippen LogP contribution in [0.15, 0.2) is 42.5 Å². The molecule has 0 atom stereocenters. The van der Waals surface area contributed by atoms with E-state index < -0.39 is 0 Å². The van der Waals surface area contributed by atoms with E-state index in [4.69, 9.17) is 22.1 Å². The van der Waals surface area contributed by atoms with Gasteiger partial charge in [-0.3, -0.25) is 4.79 Å².